The second-order valence-electron chi connectivity index (χ2n) is 5.53. The SMILES string of the molecule is CCOC(=O)c1c(C)[nH]c(-c2csc(Cc3nc(C)cs3)n2)c1C. The highest BCUT2D eigenvalue weighted by molar-refractivity contribution is 7.11. The zero-order valence-corrected chi connectivity index (χ0v) is 15.7. The molecule has 3 aromatic heterocycles. The van der Waals surface area contributed by atoms with Crippen molar-refractivity contribution in [2.45, 2.75) is 34.1 Å². The Balaban J connectivity index is 1.87. The van der Waals surface area contributed by atoms with Crippen LogP contribution < -0.4 is 0 Å². The van der Waals surface area contributed by atoms with E-state index in [1.54, 1.807) is 22.7 Å². The van der Waals surface area contributed by atoms with Crippen molar-refractivity contribution in [3.05, 3.63) is 43.3 Å². The van der Waals surface area contributed by atoms with Gasteiger partial charge in [0.25, 0.3) is 0 Å². The summed E-state index contributed by atoms with van der Waals surface area (Å²) < 4.78 is 5.14. The first kappa shape index (κ1) is 16.9. The first-order chi connectivity index (χ1) is 11.5. The van der Waals surface area contributed by atoms with Gasteiger partial charge in [0, 0.05) is 22.1 Å². The fraction of sp³-hybridized carbons (Fsp3) is 0.353. The summed E-state index contributed by atoms with van der Waals surface area (Å²) in [6.07, 6.45) is 0.743. The molecule has 0 bridgehead atoms. The summed E-state index contributed by atoms with van der Waals surface area (Å²) in [4.78, 5) is 24.6. The fourth-order valence-corrected chi connectivity index (χ4v) is 4.29. The standard InChI is InChI=1S/C17H19N3O2S2/c1-5-22-17(21)15-10(3)16(19-11(15)4)12-8-24-14(20-12)6-13-18-9(2)7-23-13/h7-8,19H,5-6H2,1-4H3. The number of thiazole rings is 2. The number of aromatic amines is 1. The number of nitrogens with zero attached hydrogens (tertiary/aromatic N) is 2. The molecule has 7 heteroatoms. The molecule has 0 aliphatic rings. The second kappa shape index (κ2) is 6.86. The van der Waals surface area contributed by atoms with Crippen molar-refractivity contribution in [1.82, 2.24) is 15.0 Å². The molecule has 0 fully saturated rings. The molecule has 3 aromatic rings. The van der Waals surface area contributed by atoms with Gasteiger partial charge in [-0.25, -0.2) is 14.8 Å². The lowest BCUT2D eigenvalue weighted by Crippen LogP contribution is -2.06. The van der Waals surface area contributed by atoms with Crippen molar-refractivity contribution >= 4 is 28.6 Å². The van der Waals surface area contributed by atoms with E-state index in [1.165, 1.54) is 0 Å². The van der Waals surface area contributed by atoms with E-state index in [9.17, 15) is 4.79 Å². The van der Waals surface area contributed by atoms with Gasteiger partial charge in [-0.05, 0) is 33.3 Å². The van der Waals surface area contributed by atoms with Crippen molar-refractivity contribution in [3.63, 3.8) is 0 Å². The van der Waals surface area contributed by atoms with Crippen molar-refractivity contribution in [2.75, 3.05) is 6.61 Å². The van der Waals surface area contributed by atoms with E-state index >= 15 is 0 Å². The summed E-state index contributed by atoms with van der Waals surface area (Å²) in [7, 11) is 0. The maximum atomic E-state index is 12.1. The van der Waals surface area contributed by atoms with Crippen LogP contribution >= 0.6 is 22.7 Å². The lowest BCUT2D eigenvalue weighted by atomic mass is 10.1. The topological polar surface area (TPSA) is 67.9 Å². The largest absolute Gasteiger partial charge is 0.462 e. The van der Waals surface area contributed by atoms with Crippen LogP contribution in [-0.4, -0.2) is 27.5 Å². The molecule has 0 unspecified atom stereocenters. The van der Waals surface area contributed by atoms with Gasteiger partial charge in [0.05, 0.1) is 35.0 Å². The van der Waals surface area contributed by atoms with Crippen molar-refractivity contribution in [2.24, 2.45) is 0 Å². The molecule has 24 heavy (non-hydrogen) atoms. The van der Waals surface area contributed by atoms with E-state index in [2.05, 4.69) is 9.97 Å². The third-order valence-corrected chi connectivity index (χ3v) is 5.51. The van der Waals surface area contributed by atoms with E-state index in [4.69, 9.17) is 9.72 Å². The van der Waals surface area contributed by atoms with Crippen LogP contribution in [0.3, 0.4) is 0 Å². The predicted molar refractivity (Wildman–Crippen MR) is 97.0 cm³/mol. The number of hydrogen-bond acceptors (Lipinski definition) is 6. The summed E-state index contributed by atoms with van der Waals surface area (Å²) in [5, 5.41) is 6.15. The van der Waals surface area contributed by atoms with Gasteiger partial charge >= 0.3 is 5.97 Å². The Morgan fingerprint density at radius 1 is 1.17 bits per heavy atom. The molecule has 0 aromatic carbocycles. The summed E-state index contributed by atoms with van der Waals surface area (Å²) in [6.45, 7) is 7.98. The highest BCUT2D eigenvalue weighted by Gasteiger charge is 2.21. The minimum Gasteiger partial charge on any atom is -0.462 e. The summed E-state index contributed by atoms with van der Waals surface area (Å²) in [5.74, 6) is -0.288. The molecule has 5 nitrogen and oxygen atoms in total. The van der Waals surface area contributed by atoms with Crippen LogP contribution in [0.25, 0.3) is 11.4 Å². The number of ether oxygens (including phenoxy) is 1. The quantitative estimate of drug-likeness (QED) is 0.689. The number of H-pyrrole nitrogens is 1. The number of nitrogens with one attached hydrogen (secondary N) is 1. The molecular formula is C17H19N3O2S2. The molecule has 0 saturated heterocycles. The number of aromatic nitrogens is 3. The van der Waals surface area contributed by atoms with Gasteiger partial charge < -0.3 is 9.72 Å². The van der Waals surface area contributed by atoms with Crippen LogP contribution in [0.15, 0.2) is 10.8 Å². The monoisotopic (exact) mass is 361 g/mol. The molecule has 0 aliphatic heterocycles. The fourth-order valence-electron chi connectivity index (χ4n) is 2.64. The molecule has 126 valence electrons. The Hall–Kier alpha value is -1.99. The average molecular weight is 361 g/mol. The van der Waals surface area contributed by atoms with Crippen LogP contribution in [0, 0.1) is 20.8 Å². The molecule has 0 aliphatic carbocycles. The Bertz CT molecular complexity index is 876. The number of carbonyl (C=O) groups is 1. The van der Waals surface area contributed by atoms with Gasteiger partial charge in [-0.3, -0.25) is 0 Å². The van der Waals surface area contributed by atoms with Crippen LogP contribution in [0.5, 0.6) is 0 Å². The third-order valence-electron chi connectivity index (χ3n) is 3.69. The van der Waals surface area contributed by atoms with Crippen LogP contribution in [0.2, 0.25) is 0 Å². The van der Waals surface area contributed by atoms with Crippen LogP contribution in [0.1, 0.15) is 44.2 Å². The highest BCUT2D eigenvalue weighted by Crippen LogP contribution is 2.30. The normalized spacial score (nSPS) is 11.0. The Labute approximate surface area is 148 Å². The number of hydrogen-bond donors (Lipinski definition) is 1. The smallest absolute Gasteiger partial charge is 0.340 e. The molecule has 0 saturated carbocycles. The van der Waals surface area contributed by atoms with Gasteiger partial charge in [-0.15, -0.1) is 22.7 Å². The van der Waals surface area contributed by atoms with Crippen molar-refractivity contribution < 1.29 is 9.53 Å². The number of aryl methyl sites for hydroxylation is 2. The van der Waals surface area contributed by atoms with E-state index in [-0.39, 0.29) is 5.97 Å². The zero-order valence-electron chi connectivity index (χ0n) is 14.1. The van der Waals surface area contributed by atoms with Gasteiger partial charge in [0.1, 0.15) is 5.01 Å². The summed E-state index contributed by atoms with van der Waals surface area (Å²) >= 11 is 3.27. The molecule has 1 N–H and O–H groups in total. The summed E-state index contributed by atoms with van der Waals surface area (Å²) in [5.41, 5.74) is 5.09. The average Bonchev–Trinajstić information content (AvgIpc) is 3.20. The van der Waals surface area contributed by atoms with Gasteiger partial charge in [-0.1, -0.05) is 0 Å². The maximum Gasteiger partial charge on any atom is 0.340 e. The minimum atomic E-state index is -0.288. The Morgan fingerprint density at radius 3 is 2.54 bits per heavy atom. The van der Waals surface area contributed by atoms with E-state index in [0.29, 0.717) is 12.2 Å². The first-order valence-electron chi connectivity index (χ1n) is 7.71. The lowest BCUT2D eigenvalue weighted by Gasteiger charge is -2.02. The molecule has 0 amide bonds. The van der Waals surface area contributed by atoms with Crippen LogP contribution in [-0.2, 0) is 11.2 Å². The van der Waals surface area contributed by atoms with E-state index in [0.717, 1.165) is 44.8 Å². The number of esters is 1. The number of carbonyl (C=O) groups excluding carboxylic acids is 1. The first-order valence-corrected chi connectivity index (χ1v) is 9.47. The van der Waals surface area contributed by atoms with Crippen molar-refractivity contribution in [1.29, 1.82) is 0 Å². The predicted octanol–water partition coefficient (Wildman–Crippen LogP) is 4.29. The Kier molecular flexibility index (Phi) is 4.82. The van der Waals surface area contributed by atoms with Gasteiger partial charge in [0.2, 0.25) is 0 Å². The molecule has 3 rings (SSSR count). The minimum absolute atomic E-state index is 0.288. The van der Waals surface area contributed by atoms with Crippen molar-refractivity contribution in [3.8, 4) is 11.4 Å². The van der Waals surface area contributed by atoms with Crippen LogP contribution in [0.4, 0.5) is 0 Å². The molecule has 0 atom stereocenters. The number of rotatable bonds is 5. The van der Waals surface area contributed by atoms with Gasteiger partial charge in [0.15, 0.2) is 0 Å². The lowest BCUT2D eigenvalue weighted by molar-refractivity contribution is 0.0525. The molecular weight excluding hydrogens is 342 g/mol. The molecule has 3 heterocycles. The second-order valence-corrected chi connectivity index (χ2v) is 7.42. The Morgan fingerprint density at radius 2 is 1.88 bits per heavy atom. The van der Waals surface area contributed by atoms with Gasteiger partial charge in [-0.2, -0.15) is 0 Å². The maximum absolute atomic E-state index is 12.1. The highest BCUT2D eigenvalue weighted by atomic mass is 32.1. The zero-order chi connectivity index (χ0) is 17.3. The molecule has 0 spiro atoms. The molecule has 0 radical (unpaired) electrons. The van der Waals surface area contributed by atoms with E-state index < -0.39 is 0 Å². The third kappa shape index (κ3) is 3.27. The summed E-state index contributed by atoms with van der Waals surface area (Å²) in [6, 6.07) is 0. The van der Waals surface area contributed by atoms with E-state index in [1.807, 2.05) is 38.5 Å².